The smallest absolute Gasteiger partial charge is 0.170 e. The molecule has 0 aliphatic rings. The fourth-order valence-electron chi connectivity index (χ4n) is 1.71. The summed E-state index contributed by atoms with van der Waals surface area (Å²) in [6, 6.07) is 4.43. The molecular weight excluding hydrogens is 247 g/mol. The molecule has 106 valence electrons. The molecule has 5 nitrogen and oxygen atoms in total. The summed E-state index contributed by atoms with van der Waals surface area (Å²) in [6.45, 7) is 2.42. The van der Waals surface area contributed by atoms with Crippen LogP contribution in [0.4, 0.5) is 4.39 Å². The molecule has 19 heavy (non-hydrogen) atoms. The zero-order valence-corrected chi connectivity index (χ0v) is 11.6. The molecule has 0 saturated heterocycles. The Bertz CT molecular complexity index is 448. The molecule has 3 N–H and O–H groups in total. The van der Waals surface area contributed by atoms with Crippen LogP contribution in [0.5, 0.6) is 0 Å². The van der Waals surface area contributed by atoms with Gasteiger partial charge in [0.25, 0.3) is 0 Å². The van der Waals surface area contributed by atoms with Crippen LogP contribution in [0.25, 0.3) is 0 Å². The summed E-state index contributed by atoms with van der Waals surface area (Å²) >= 11 is 0. The lowest BCUT2D eigenvalue weighted by Gasteiger charge is -2.19. The predicted octanol–water partition coefficient (Wildman–Crippen LogP) is 0.914. The molecule has 0 bridgehead atoms. The van der Waals surface area contributed by atoms with Crippen LogP contribution in [0.15, 0.2) is 23.4 Å². The summed E-state index contributed by atoms with van der Waals surface area (Å²) in [5.74, 6) is -0.475. The molecule has 1 rings (SSSR count). The van der Waals surface area contributed by atoms with E-state index in [0.717, 1.165) is 18.7 Å². The van der Waals surface area contributed by atoms with Gasteiger partial charge in [-0.25, -0.2) is 4.39 Å². The molecule has 1 aromatic rings. The van der Waals surface area contributed by atoms with Gasteiger partial charge in [0, 0.05) is 25.2 Å². The number of amidine groups is 1. The minimum atomic E-state index is -0.389. The first-order chi connectivity index (χ1) is 8.92. The van der Waals surface area contributed by atoms with Crippen molar-refractivity contribution >= 4 is 5.84 Å². The average molecular weight is 268 g/mol. The molecule has 0 aliphatic carbocycles. The maximum absolute atomic E-state index is 13.5. The zero-order chi connectivity index (χ0) is 14.4. The summed E-state index contributed by atoms with van der Waals surface area (Å²) in [6.07, 6.45) is 0. The zero-order valence-electron chi connectivity index (χ0n) is 11.6. The molecular formula is C13H21FN4O. The summed E-state index contributed by atoms with van der Waals surface area (Å²) in [5.41, 5.74) is 6.66. The number of hydrogen-bond donors (Lipinski definition) is 2. The van der Waals surface area contributed by atoms with E-state index < -0.39 is 0 Å². The maximum atomic E-state index is 13.5. The van der Waals surface area contributed by atoms with Gasteiger partial charge in [0.1, 0.15) is 5.82 Å². The van der Waals surface area contributed by atoms with E-state index in [0.29, 0.717) is 12.1 Å². The predicted molar refractivity (Wildman–Crippen MR) is 73.8 cm³/mol. The third-order valence-corrected chi connectivity index (χ3v) is 2.74. The first kappa shape index (κ1) is 15.4. The minimum absolute atomic E-state index is 0.0864. The van der Waals surface area contributed by atoms with Crippen LogP contribution in [-0.2, 0) is 6.54 Å². The van der Waals surface area contributed by atoms with Crippen molar-refractivity contribution in [2.45, 2.75) is 6.54 Å². The van der Waals surface area contributed by atoms with Crippen LogP contribution in [0, 0.1) is 5.82 Å². The fourth-order valence-corrected chi connectivity index (χ4v) is 1.71. The molecule has 0 heterocycles. The van der Waals surface area contributed by atoms with Gasteiger partial charge < -0.3 is 20.7 Å². The number of rotatable bonds is 6. The number of hydrogen-bond acceptors (Lipinski definition) is 4. The Morgan fingerprint density at radius 2 is 1.95 bits per heavy atom. The molecule has 6 heteroatoms. The lowest BCUT2D eigenvalue weighted by atomic mass is 10.1. The molecule has 1 aromatic carbocycles. The molecule has 0 amide bonds. The molecule has 0 saturated carbocycles. The second-order valence-corrected chi connectivity index (χ2v) is 4.87. The number of oxime groups is 1. The van der Waals surface area contributed by atoms with Crippen molar-refractivity contribution in [2.75, 3.05) is 34.2 Å². The molecule has 0 spiro atoms. The summed E-state index contributed by atoms with van der Waals surface area (Å²) < 4.78 is 13.5. The van der Waals surface area contributed by atoms with Gasteiger partial charge in [-0.05, 0) is 44.9 Å². The summed E-state index contributed by atoms with van der Waals surface area (Å²) in [7, 11) is 5.98. The van der Waals surface area contributed by atoms with Crippen molar-refractivity contribution < 1.29 is 9.60 Å². The van der Waals surface area contributed by atoms with E-state index in [1.807, 2.05) is 21.1 Å². The van der Waals surface area contributed by atoms with Gasteiger partial charge in [-0.3, -0.25) is 0 Å². The topological polar surface area (TPSA) is 65.1 Å². The third-order valence-electron chi connectivity index (χ3n) is 2.74. The van der Waals surface area contributed by atoms with Gasteiger partial charge in [-0.2, -0.15) is 0 Å². The van der Waals surface area contributed by atoms with Crippen molar-refractivity contribution in [2.24, 2.45) is 10.9 Å². The summed E-state index contributed by atoms with van der Waals surface area (Å²) in [5, 5.41) is 11.5. The Labute approximate surface area is 113 Å². The van der Waals surface area contributed by atoms with Gasteiger partial charge in [0.15, 0.2) is 5.84 Å². The lowest BCUT2D eigenvalue weighted by Crippen LogP contribution is -2.28. The highest BCUT2D eigenvalue weighted by molar-refractivity contribution is 5.97. The van der Waals surface area contributed by atoms with Gasteiger partial charge in [-0.15, -0.1) is 0 Å². The number of benzene rings is 1. The number of likely N-dealkylation sites (N-methyl/N-ethyl adjacent to an activating group) is 2. The first-order valence-corrected chi connectivity index (χ1v) is 6.03. The number of nitrogens with zero attached hydrogens (tertiary/aromatic N) is 3. The van der Waals surface area contributed by atoms with Crippen molar-refractivity contribution in [1.29, 1.82) is 0 Å². The van der Waals surface area contributed by atoms with E-state index in [4.69, 9.17) is 10.9 Å². The second-order valence-electron chi connectivity index (χ2n) is 4.87. The Morgan fingerprint density at radius 1 is 1.26 bits per heavy atom. The van der Waals surface area contributed by atoms with E-state index in [1.165, 1.54) is 12.1 Å². The van der Waals surface area contributed by atoms with Crippen LogP contribution in [-0.4, -0.2) is 55.1 Å². The minimum Gasteiger partial charge on any atom is -0.409 e. The SMILES string of the molecule is CN(C)CCN(C)Cc1cc(F)cc(/C(N)=N/O)c1. The normalized spacial score (nSPS) is 12.4. The van der Waals surface area contributed by atoms with Crippen molar-refractivity contribution in [1.82, 2.24) is 9.80 Å². The van der Waals surface area contributed by atoms with Gasteiger partial charge in [0.2, 0.25) is 0 Å². The van der Waals surface area contributed by atoms with E-state index in [1.54, 1.807) is 6.07 Å². The summed E-state index contributed by atoms with van der Waals surface area (Å²) in [4.78, 5) is 4.18. The third kappa shape index (κ3) is 5.23. The Morgan fingerprint density at radius 3 is 2.53 bits per heavy atom. The Balaban J connectivity index is 2.75. The highest BCUT2D eigenvalue weighted by atomic mass is 19.1. The molecule has 0 atom stereocenters. The van der Waals surface area contributed by atoms with Gasteiger partial charge >= 0.3 is 0 Å². The highest BCUT2D eigenvalue weighted by Crippen LogP contribution is 2.11. The first-order valence-electron chi connectivity index (χ1n) is 6.03. The maximum Gasteiger partial charge on any atom is 0.170 e. The quantitative estimate of drug-likeness (QED) is 0.348. The molecule has 0 fully saturated rings. The Kier molecular flexibility index (Phi) is 5.72. The molecule has 0 aliphatic heterocycles. The van der Waals surface area contributed by atoms with Crippen LogP contribution in [0.2, 0.25) is 0 Å². The second kappa shape index (κ2) is 7.06. The fraction of sp³-hybridized carbons (Fsp3) is 0.462. The largest absolute Gasteiger partial charge is 0.409 e. The number of nitrogens with two attached hydrogens (primary N) is 1. The van der Waals surface area contributed by atoms with E-state index in [-0.39, 0.29) is 11.7 Å². The van der Waals surface area contributed by atoms with Crippen molar-refractivity contribution in [3.05, 3.63) is 35.1 Å². The van der Waals surface area contributed by atoms with Crippen LogP contribution in [0.1, 0.15) is 11.1 Å². The lowest BCUT2D eigenvalue weighted by molar-refractivity contribution is 0.276. The van der Waals surface area contributed by atoms with E-state index in [9.17, 15) is 4.39 Å². The van der Waals surface area contributed by atoms with E-state index >= 15 is 0 Å². The molecule has 0 radical (unpaired) electrons. The monoisotopic (exact) mass is 268 g/mol. The van der Waals surface area contributed by atoms with Crippen LogP contribution in [0.3, 0.4) is 0 Å². The van der Waals surface area contributed by atoms with Crippen molar-refractivity contribution in [3.8, 4) is 0 Å². The van der Waals surface area contributed by atoms with Crippen LogP contribution < -0.4 is 5.73 Å². The Hall–Kier alpha value is -1.66. The number of halogens is 1. The average Bonchev–Trinajstić information content (AvgIpc) is 2.34. The molecule has 0 unspecified atom stereocenters. The van der Waals surface area contributed by atoms with Gasteiger partial charge in [0.05, 0.1) is 0 Å². The van der Waals surface area contributed by atoms with E-state index in [2.05, 4.69) is 15.0 Å². The standard InChI is InChI=1S/C13H21FN4O/c1-17(2)4-5-18(3)9-10-6-11(13(15)16-19)8-12(14)7-10/h6-8,19H,4-5,9H2,1-3H3,(H2,15,16). The van der Waals surface area contributed by atoms with Crippen molar-refractivity contribution in [3.63, 3.8) is 0 Å². The highest BCUT2D eigenvalue weighted by Gasteiger charge is 2.07. The molecule has 0 aromatic heterocycles. The van der Waals surface area contributed by atoms with Crippen LogP contribution >= 0.6 is 0 Å². The van der Waals surface area contributed by atoms with Gasteiger partial charge in [-0.1, -0.05) is 5.16 Å².